The van der Waals surface area contributed by atoms with Gasteiger partial charge in [-0.3, -0.25) is 9.59 Å². The second-order valence-electron chi connectivity index (χ2n) is 9.22. The predicted octanol–water partition coefficient (Wildman–Crippen LogP) is 4.96. The van der Waals surface area contributed by atoms with Gasteiger partial charge in [-0.05, 0) is 65.6 Å². The third kappa shape index (κ3) is 5.86. The fourth-order valence-corrected chi connectivity index (χ4v) is 4.67. The zero-order chi connectivity index (χ0) is 27.2. The molecule has 1 fully saturated rings. The molecule has 0 bridgehead atoms. The number of carbonyl (C=O) groups excluding carboxylic acids is 2. The summed E-state index contributed by atoms with van der Waals surface area (Å²) in [5.41, 5.74) is 13.1. The van der Waals surface area contributed by atoms with Crippen LogP contribution in [-0.2, 0) is 9.53 Å². The van der Waals surface area contributed by atoms with Crippen molar-refractivity contribution >= 4 is 50.8 Å². The Morgan fingerprint density at radius 2 is 1.37 bits per heavy atom. The van der Waals surface area contributed by atoms with Gasteiger partial charge in [0, 0.05) is 24.5 Å². The Kier molecular flexibility index (Phi) is 8.11. The molecule has 0 spiro atoms. The van der Waals surface area contributed by atoms with Crippen molar-refractivity contribution < 1.29 is 24.2 Å². The minimum absolute atomic E-state index is 0.118. The van der Waals surface area contributed by atoms with Crippen LogP contribution in [0.2, 0.25) is 0 Å². The minimum atomic E-state index is -0.992. The Balaban J connectivity index is 0.000000204. The van der Waals surface area contributed by atoms with Gasteiger partial charge in [0.05, 0.1) is 23.7 Å². The van der Waals surface area contributed by atoms with Gasteiger partial charge in [-0.15, -0.1) is 0 Å². The number of amides is 1. The van der Waals surface area contributed by atoms with E-state index in [0.717, 1.165) is 34.4 Å². The van der Waals surface area contributed by atoms with E-state index in [9.17, 15) is 14.4 Å². The van der Waals surface area contributed by atoms with Crippen LogP contribution in [0.3, 0.4) is 0 Å². The average Bonchev–Trinajstić information content (AvgIpc) is 2.92. The first-order valence-corrected chi connectivity index (χ1v) is 12.5. The number of anilines is 2. The second-order valence-corrected chi connectivity index (χ2v) is 9.22. The summed E-state index contributed by atoms with van der Waals surface area (Å²) < 4.78 is 5.09. The Morgan fingerprint density at radius 1 is 0.868 bits per heavy atom. The van der Waals surface area contributed by atoms with Crippen molar-refractivity contribution in [1.82, 2.24) is 4.90 Å². The van der Waals surface area contributed by atoms with Crippen LogP contribution in [0.4, 0.5) is 11.4 Å². The molecule has 4 aromatic carbocycles. The first kappa shape index (κ1) is 26.5. The molecule has 196 valence electrons. The lowest BCUT2D eigenvalue weighted by Gasteiger charge is -2.32. The van der Waals surface area contributed by atoms with E-state index in [0.29, 0.717) is 36.6 Å². The molecule has 0 saturated carbocycles. The molecule has 1 aliphatic heterocycles. The summed E-state index contributed by atoms with van der Waals surface area (Å²) in [7, 11) is 0. The number of fused-ring (bicyclic) bond motifs is 2. The van der Waals surface area contributed by atoms with Gasteiger partial charge in [0.15, 0.2) is 0 Å². The number of nitrogens with zero attached hydrogens (tertiary/aromatic N) is 1. The van der Waals surface area contributed by atoms with Crippen molar-refractivity contribution in [2.75, 3.05) is 31.2 Å². The van der Waals surface area contributed by atoms with E-state index < -0.39 is 5.97 Å². The zero-order valence-electron chi connectivity index (χ0n) is 21.2. The van der Waals surface area contributed by atoms with Crippen LogP contribution < -0.4 is 11.5 Å². The summed E-state index contributed by atoms with van der Waals surface area (Å²) in [5.74, 6) is -1.58. The molecular weight excluding hydrogens is 482 g/mol. The molecule has 38 heavy (non-hydrogen) atoms. The Hall–Kier alpha value is -4.59. The number of piperidine rings is 1. The van der Waals surface area contributed by atoms with Crippen LogP contribution in [0.15, 0.2) is 72.8 Å². The third-order valence-electron chi connectivity index (χ3n) is 6.63. The largest absolute Gasteiger partial charge is 0.478 e. The topological polar surface area (TPSA) is 136 Å². The van der Waals surface area contributed by atoms with E-state index >= 15 is 0 Å². The lowest BCUT2D eigenvalue weighted by molar-refractivity contribution is -0.149. The predicted molar refractivity (Wildman–Crippen MR) is 149 cm³/mol. The normalized spacial score (nSPS) is 15.0. The highest BCUT2D eigenvalue weighted by atomic mass is 16.5. The van der Waals surface area contributed by atoms with Crippen molar-refractivity contribution in [3.05, 3.63) is 83.9 Å². The first-order valence-electron chi connectivity index (χ1n) is 12.5. The summed E-state index contributed by atoms with van der Waals surface area (Å²) in [6, 6.07) is 22.3. The minimum Gasteiger partial charge on any atom is -0.478 e. The maximum absolute atomic E-state index is 12.9. The molecule has 1 aliphatic rings. The van der Waals surface area contributed by atoms with Crippen LogP contribution >= 0.6 is 0 Å². The highest BCUT2D eigenvalue weighted by molar-refractivity contribution is 6.04. The molecule has 1 atom stereocenters. The van der Waals surface area contributed by atoms with E-state index in [1.165, 1.54) is 0 Å². The van der Waals surface area contributed by atoms with E-state index in [1.54, 1.807) is 24.0 Å². The monoisotopic (exact) mass is 513 g/mol. The Morgan fingerprint density at radius 3 is 1.89 bits per heavy atom. The summed E-state index contributed by atoms with van der Waals surface area (Å²) in [5, 5.41) is 12.7. The number of carboxylic acid groups (broad SMARTS) is 1. The average molecular weight is 514 g/mol. The SMILES string of the molecule is CCOC(=O)C1CCCN(C(=O)c2cc3ccccc3cc2N)C1.Nc1cc2ccccc2cc1C(=O)O. The lowest BCUT2D eigenvalue weighted by Crippen LogP contribution is -2.43. The molecule has 5 rings (SSSR count). The standard InChI is InChI=1S/C19H22N2O3.C11H9NO2/c1-2-24-19(23)15-8-5-9-21(12-15)18(22)16-10-13-6-3-4-7-14(13)11-17(16)20;12-10-6-8-4-2-1-3-7(8)5-9(10)11(13)14/h3-4,6-7,10-11,15H,2,5,8-9,12,20H2,1H3;1-6H,12H2,(H,13,14). The van der Waals surface area contributed by atoms with Gasteiger partial charge in [0.25, 0.3) is 5.91 Å². The highest BCUT2D eigenvalue weighted by Gasteiger charge is 2.30. The van der Waals surface area contributed by atoms with Gasteiger partial charge in [-0.1, -0.05) is 48.5 Å². The van der Waals surface area contributed by atoms with Crippen molar-refractivity contribution in [1.29, 1.82) is 0 Å². The van der Waals surface area contributed by atoms with Crippen molar-refractivity contribution in [2.24, 2.45) is 5.92 Å². The molecule has 4 aromatic rings. The molecule has 1 amide bonds. The number of likely N-dealkylation sites (tertiary alicyclic amines) is 1. The van der Waals surface area contributed by atoms with Crippen LogP contribution in [0, 0.1) is 5.92 Å². The molecule has 1 unspecified atom stereocenters. The molecule has 0 aromatic heterocycles. The van der Waals surface area contributed by atoms with Gasteiger partial charge in [0.2, 0.25) is 0 Å². The highest BCUT2D eigenvalue weighted by Crippen LogP contribution is 2.26. The number of esters is 1. The number of nitrogens with two attached hydrogens (primary N) is 2. The summed E-state index contributed by atoms with van der Waals surface area (Å²) in [6.07, 6.45) is 1.55. The molecular formula is C30H31N3O5. The molecule has 5 N–H and O–H groups in total. The van der Waals surface area contributed by atoms with E-state index in [2.05, 4.69) is 0 Å². The maximum Gasteiger partial charge on any atom is 0.337 e. The van der Waals surface area contributed by atoms with Crippen LogP contribution in [0.5, 0.6) is 0 Å². The smallest absolute Gasteiger partial charge is 0.337 e. The van der Waals surface area contributed by atoms with Gasteiger partial charge < -0.3 is 26.2 Å². The number of hydrogen-bond donors (Lipinski definition) is 3. The number of carboxylic acids is 1. The van der Waals surface area contributed by atoms with Crippen molar-refractivity contribution in [3.8, 4) is 0 Å². The number of benzene rings is 4. The van der Waals surface area contributed by atoms with Gasteiger partial charge in [-0.25, -0.2) is 4.79 Å². The molecule has 0 aliphatic carbocycles. The fraction of sp³-hybridized carbons (Fsp3) is 0.233. The van der Waals surface area contributed by atoms with Crippen molar-refractivity contribution in [2.45, 2.75) is 19.8 Å². The third-order valence-corrected chi connectivity index (χ3v) is 6.63. The summed E-state index contributed by atoms with van der Waals surface area (Å²) in [6.45, 7) is 3.19. The number of rotatable bonds is 4. The lowest BCUT2D eigenvalue weighted by atomic mass is 9.96. The number of hydrogen-bond acceptors (Lipinski definition) is 6. The van der Waals surface area contributed by atoms with Crippen LogP contribution in [0.1, 0.15) is 40.5 Å². The quantitative estimate of drug-likeness (QED) is 0.259. The van der Waals surface area contributed by atoms with Crippen molar-refractivity contribution in [3.63, 3.8) is 0 Å². The number of ether oxygens (including phenoxy) is 1. The fourth-order valence-electron chi connectivity index (χ4n) is 4.67. The molecule has 8 nitrogen and oxygen atoms in total. The molecule has 0 radical (unpaired) electrons. The van der Waals surface area contributed by atoms with Gasteiger partial charge in [-0.2, -0.15) is 0 Å². The van der Waals surface area contributed by atoms with E-state index in [1.807, 2.05) is 60.7 Å². The zero-order valence-corrected chi connectivity index (χ0v) is 21.2. The number of aromatic carboxylic acids is 1. The number of carbonyl (C=O) groups is 3. The van der Waals surface area contributed by atoms with E-state index in [-0.39, 0.29) is 23.4 Å². The van der Waals surface area contributed by atoms with Crippen LogP contribution in [0.25, 0.3) is 21.5 Å². The first-order chi connectivity index (χ1) is 18.3. The molecule has 1 saturated heterocycles. The summed E-state index contributed by atoms with van der Waals surface area (Å²) in [4.78, 5) is 37.3. The van der Waals surface area contributed by atoms with Gasteiger partial charge >= 0.3 is 11.9 Å². The Labute approximate surface area is 220 Å². The Bertz CT molecular complexity index is 1500. The molecule has 1 heterocycles. The molecule has 8 heteroatoms. The number of nitrogen functional groups attached to an aromatic ring is 2. The maximum atomic E-state index is 12.9. The van der Waals surface area contributed by atoms with E-state index in [4.69, 9.17) is 21.3 Å². The van der Waals surface area contributed by atoms with Gasteiger partial charge in [0.1, 0.15) is 0 Å². The second kappa shape index (κ2) is 11.6. The van der Waals surface area contributed by atoms with Crippen LogP contribution in [-0.4, -0.2) is 47.5 Å². The summed E-state index contributed by atoms with van der Waals surface area (Å²) >= 11 is 0.